The van der Waals surface area contributed by atoms with Gasteiger partial charge < -0.3 is 0 Å². The van der Waals surface area contributed by atoms with Crippen LogP contribution >= 0.6 is 0 Å². The molecule has 1 saturated carbocycles. The number of hydrogen-bond donors (Lipinski definition) is 0. The maximum absolute atomic E-state index is 13.7. The van der Waals surface area contributed by atoms with E-state index in [2.05, 4.69) is 19.1 Å². The summed E-state index contributed by atoms with van der Waals surface area (Å²) in [5.74, 6) is -0.147. The van der Waals surface area contributed by atoms with Gasteiger partial charge in [-0.1, -0.05) is 62.9 Å². The summed E-state index contributed by atoms with van der Waals surface area (Å²) < 4.78 is 26.9. The quantitative estimate of drug-likeness (QED) is 0.477. The predicted molar refractivity (Wildman–Crippen MR) is 101 cm³/mol. The molecule has 1 fully saturated rings. The van der Waals surface area contributed by atoms with Gasteiger partial charge in [0.05, 0.1) is 0 Å². The molecule has 2 heteroatoms. The van der Waals surface area contributed by atoms with Gasteiger partial charge in [0, 0.05) is 0 Å². The van der Waals surface area contributed by atoms with Gasteiger partial charge in [0.15, 0.2) is 11.6 Å². The van der Waals surface area contributed by atoms with E-state index in [9.17, 15) is 8.78 Å². The molecule has 0 saturated heterocycles. The molecule has 25 heavy (non-hydrogen) atoms. The van der Waals surface area contributed by atoms with Crippen LogP contribution in [0.4, 0.5) is 8.78 Å². The Morgan fingerprint density at radius 3 is 2.36 bits per heavy atom. The summed E-state index contributed by atoms with van der Waals surface area (Å²) >= 11 is 0. The van der Waals surface area contributed by atoms with Crippen molar-refractivity contribution in [2.75, 3.05) is 0 Å². The van der Waals surface area contributed by atoms with E-state index in [1.165, 1.54) is 69.1 Å². The molecule has 0 nitrogen and oxygen atoms in total. The summed E-state index contributed by atoms with van der Waals surface area (Å²) in [6.07, 6.45) is 10.4. The van der Waals surface area contributed by atoms with E-state index in [0.29, 0.717) is 5.92 Å². The Morgan fingerprint density at radius 1 is 0.880 bits per heavy atom. The number of rotatable bonds is 6. The van der Waals surface area contributed by atoms with E-state index in [0.717, 1.165) is 17.0 Å². The summed E-state index contributed by atoms with van der Waals surface area (Å²) in [6.45, 7) is 2.26. The molecule has 1 aliphatic rings. The monoisotopic (exact) mass is 342 g/mol. The van der Waals surface area contributed by atoms with Crippen molar-refractivity contribution in [1.29, 1.82) is 0 Å². The normalized spacial score (nSPS) is 20.6. The molecule has 3 rings (SSSR count). The van der Waals surface area contributed by atoms with Crippen LogP contribution in [0.1, 0.15) is 69.8 Å². The Hall–Kier alpha value is -1.70. The van der Waals surface area contributed by atoms with Crippen LogP contribution in [0.5, 0.6) is 0 Å². The SMILES string of the molecule is CCCCCC1CCC(c2ccccc2-c2ccc(F)c(F)c2)CC1. The zero-order valence-corrected chi connectivity index (χ0v) is 15.1. The molecule has 0 unspecified atom stereocenters. The van der Waals surface area contributed by atoms with Gasteiger partial charge in [-0.15, -0.1) is 0 Å². The first-order chi connectivity index (χ1) is 12.2. The van der Waals surface area contributed by atoms with Crippen molar-refractivity contribution in [2.45, 2.75) is 64.2 Å². The third-order valence-electron chi connectivity index (χ3n) is 5.69. The number of hydrogen-bond acceptors (Lipinski definition) is 0. The molecule has 0 bridgehead atoms. The minimum absolute atomic E-state index is 0.534. The summed E-state index contributed by atoms with van der Waals surface area (Å²) in [4.78, 5) is 0. The highest BCUT2D eigenvalue weighted by molar-refractivity contribution is 5.68. The molecule has 0 spiro atoms. The van der Waals surface area contributed by atoms with E-state index < -0.39 is 11.6 Å². The lowest BCUT2D eigenvalue weighted by molar-refractivity contribution is 0.303. The van der Waals surface area contributed by atoms with Gasteiger partial charge in [0.2, 0.25) is 0 Å². The fourth-order valence-electron chi connectivity index (χ4n) is 4.22. The Morgan fingerprint density at radius 2 is 1.64 bits per heavy atom. The molecule has 134 valence electrons. The Bertz CT molecular complexity index is 684. The lowest BCUT2D eigenvalue weighted by Gasteiger charge is -2.30. The Balaban J connectivity index is 1.73. The number of benzene rings is 2. The van der Waals surface area contributed by atoms with Crippen LogP contribution in [0, 0.1) is 17.6 Å². The van der Waals surface area contributed by atoms with Crippen LogP contribution in [0.25, 0.3) is 11.1 Å². The second kappa shape index (κ2) is 8.60. The van der Waals surface area contributed by atoms with Crippen LogP contribution in [-0.4, -0.2) is 0 Å². The van der Waals surface area contributed by atoms with Crippen molar-refractivity contribution in [1.82, 2.24) is 0 Å². The second-order valence-corrected chi connectivity index (χ2v) is 7.43. The Labute approximate surface area is 150 Å². The molecule has 0 N–H and O–H groups in total. The zero-order valence-electron chi connectivity index (χ0n) is 15.1. The first-order valence-electron chi connectivity index (χ1n) is 9.73. The second-order valence-electron chi connectivity index (χ2n) is 7.43. The molecule has 1 aliphatic carbocycles. The van der Waals surface area contributed by atoms with Crippen LogP contribution in [-0.2, 0) is 0 Å². The molecular formula is C23H28F2. The topological polar surface area (TPSA) is 0 Å². The number of halogens is 2. The summed E-state index contributed by atoms with van der Waals surface area (Å²) in [6, 6.07) is 12.5. The molecule has 0 atom stereocenters. The van der Waals surface area contributed by atoms with Gasteiger partial charge in [0.1, 0.15) is 0 Å². The van der Waals surface area contributed by atoms with Gasteiger partial charge in [-0.3, -0.25) is 0 Å². The molecule has 0 heterocycles. The Kier molecular flexibility index (Phi) is 6.23. The van der Waals surface area contributed by atoms with Crippen LogP contribution in [0.2, 0.25) is 0 Å². The molecule has 0 aliphatic heterocycles. The summed E-state index contributed by atoms with van der Waals surface area (Å²) in [7, 11) is 0. The fraction of sp³-hybridized carbons (Fsp3) is 0.478. The smallest absolute Gasteiger partial charge is 0.159 e. The average Bonchev–Trinajstić information content (AvgIpc) is 2.65. The highest BCUT2D eigenvalue weighted by Crippen LogP contribution is 2.41. The summed E-state index contributed by atoms with van der Waals surface area (Å²) in [5, 5.41) is 0. The maximum Gasteiger partial charge on any atom is 0.159 e. The van der Waals surface area contributed by atoms with Crippen molar-refractivity contribution in [3.05, 3.63) is 59.7 Å². The highest BCUT2D eigenvalue weighted by atomic mass is 19.2. The highest BCUT2D eigenvalue weighted by Gasteiger charge is 2.24. The van der Waals surface area contributed by atoms with Crippen LogP contribution in [0.3, 0.4) is 0 Å². The van der Waals surface area contributed by atoms with Crippen molar-refractivity contribution >= 4 is 0 Å². The molecule has 2 aromatic rings. The predicted octanol–water partition coefficient (Wildman–Crippen LogP) is 7.49. The lowest BCUT2D eigenvalue weighted by Crippen LogP contribution is -2.14. The summed E-state index contributed by atoms with van der Waals surface area (Å²) in [5.41, 5.74) is 3.12. The van der Waals surface area contributed by atoms with Crippen LogP contribution < -0.4 is 0 Å². The van der Waals surface area contributed by atoms with Crippen LogP contribution in [0.15, 0.2) is 42.5 Å². The minimum atomic E-state index is -0.784. The van der Waals surface area contributed by atoms with Crippen molar-refractivity contribution in [3.63, 3.8) is 0 Å². The molecule has 0 aromatic heterocycles. The van der Waals surface area contributed by atoms with E-state index >= 15 is 0 Å². The maximum atomic E-state index is 13.7. The minimum Gasteiger partial charge on any atom is -0.204 e. The first-order valence-corrected chi connectivity index (χ1v) is 9.73. The number of unbranched alkanes of at least 4 members (excludes halogenated alkanes) is 2. The fourth-order valence-corrected chi connectivity index (χ4v) is 4.22. The standard InChI is InChI=1S/C23H28F2/c1-2-3-4-7-17-10-12-18(13-11-17)20-8-5-6-9-21(20)19-14-15-22(24)23(25)16-19/h5-6,8-9,14-18H,2-4,7,10-13H2,1H3. The molecular weight excluding hydrogens is 314 g/mol. The van der Waals surface area contributed by atoms with Gasteiger partial charge in [-0.25, -0.2) is 8.78 Å². The van der Waals surface area contributed by atoms with E-state index in [-0.39, 0.29) is 0 Å². The van der Waals surface area contributed by atoms with E-state index in [1.807, 2.05) is 12.1 Å². The van der Waals surface area contributed by atoms with E-state index in [4.69, 9.17) is 0 Å². The third-order valence-corrected chi connectivity index (χ3v) is 5.69. The van der Waals surface area contributed by atoms with Gasteiger partial charge in [-0.05, 0) is 66.3 Å². The largest absolute Gasteiger partial charge is 0.204 e. The van der Waals surface area contributed by atoms with Crippen molar-refractivity contribution in [2.24, 2.45) is 5.92 Å². The van der Waals surface area contributed by atoms with Crippen molar-refractivity contribution in [3.8, 4) is 11.1 Å². The van der Waals surface area contributed by atoms with E-state index in [1.54, 1.807) is 6.07 Å². The zero-order chi connectivity index (χ0) is 17.6. The molecule has 0 amide bonds. The third kappa shape index (κ3) is 4.48. The first kappa shape index (κ1) is 18.1. The van der Waals surface area contributed by atoms with Crippen molar-refractivity contribution < 1.29 is 8.78 Å². The van der Waals surface area contributed by atoms with Gasteiger partial charge in [-0.2, -0.15) is 0 Å². The molecule has 0 radical (unpaired) electrons. The average molecular weight is 342 g/mol. The molecule has 2 aromatic carbocycles. The lowest BCUT2D eigenvalue weighted by atomic mass is 9.75. The van der Waals surface area contributed by atoms with Gasteiger partial charge >= 0.3 is 0 Å². The van der Waals surface area contributed by atoms with Gasteiger partial charge in [0.25, 0.3) is 0 Å².